The van der Waals surface area contributed by atoms with Gasteiger partial charge in [0.05, 0.1) is 12.6 Å². The normalized spacial score (nSPS) is 18.7. The average Bonchev–Trinajstić information content (AvgIpc) is 3.05. The van der Waals surface area contributed by atoms with E-state index in [-0.39, 0.29) is 24.4 Å². The first-order valence-electron chi connectivity index (χ1n) is 7.89. The van der Waals surface area contributed by atoms with E-state index in [0.717, 1.165) is 32.3 Å². The molecule has 2 amide bonds. The van der Waals surface area contributed by atoms with E-state index in [0.29, 0.717) is 11.7 Å². The molecule has 1 aliphatic rings. The number of carbonyl (C=O) groups excluding carboxylic acids is 2. The molecular weight excluding hydrogens is 280 g/mol. The first-order chi connectivity index (χ1) is 10.6. The van der Waals surface area contributed by atoms with Crippen LogP contribution in [0, 0.1) is 0 Å². The molecule has 120 valence electrons. The fraction of sp³-hybridized carbons (Fsp3) is 0.529. The van der Waals surface area contributed by atoms with Gasteiger partial charge in [0.1, 0.15) is 0 Å². The van der Waals surface area contributed by atoms with E-state index in [9.17, 15) is 9.59 Å². The predicted octanol–water partition coefficient (Wildman–Crippen LogP) is 1.88. The third kappa shape index (κ3) is 5.48. The summed E-state index contributed by atoms with van der Waals surface area (Å²) in [5, 5.41) is 5.53. The lowest BCUT2D eigenvalue weighted by Crippen LogP contribution is -2.41. The van der Waals surface area contributed by atoms with E-state index in [4.69, 9.17) is 4.74 Å². The average molecular weight is 304 g/mol. The van der Waals surface area contributed by atoms with Gasteiger partial charge in [-0.1, -0.05) is 18.2 Å². The topological polar surface area (TPSA) is 67.4 Å². The Hall–Kier alpha value is -1.88. The fourth-order valence-corrected chi connectivity index (χ4v) is 2.56. The maximum atomic E-state index is 11.8. The second kappa shape index (κ2) is 8.54. The molecule has 0 spiro atoms. The second-order valence-electron chi connectivity index (χ2n) is 5.73. The van der Waals surface area contributed by atoms with Gasteiger partial charge in [0, 0.05) is 18.2 Å². The van der Waals surface area contributed by atoms with Gasteiger partial charge in [-0.2, -0.15) is 0 Å². The lowest BCUT2D eigenvalue weighted by Gasteiger charge is -2.16. The van der Waals surface area contributed by atoms with Crippen LogP contribution in [0.1, 0.15) is 43.0 Å². The van der Waals surface area contributed by atoms with Crippen molar-refractivity contribution in [3.8, 4) is 0 Å². The van der Waals surface area contributed by atoms with Crippen molar-refractivity contribution in [1.29, 1.82) is 0 Å². The molecule has 0 saturated carbocycles. The molecule has 5 nitrogen and oxygen atoms in total. The number of rotatable bonds is 7. The molecule has 2 atom stereocenters. The minimum absolute atomic E-state index is 0.00199. The van der Waals surface area contributed by atoms with Crippen LogP contribution in [-0.2, 0) is 9.53 Å². The van der Waals surface area contributed by atoms with Crippen LogP contribution in [-0.4, -0.2) is 37.1 Å². The Balaban J connectivity index is 1.63. The number of nitrogens with one attached hydrogen (secondary N) is 2. The summed E-state index contributed by atoms with van der Waals surface area (Å²) >= 11 is 0. The highest BCUT2D eigenvalue weighted by Gasteiger charge is 2.17. The molecule has 0 aliphatic carbocycles. The van der Waals surface area contributed by atoms with Crippen LogP contribution >= 0.6 is 0 Å². The van der Waals surface area contributed by atoms with E-state index in [1.807, 2.05) is 13.0 Å². The van der Waals surface area contributed by atoms with E-state index in [2.05, 4.69) is 10.6 Å². The molecule has 0 aromatic heterocycles. The summed E-state index contributed by atoms with van der Waals surface area (Å²) in [5.41, 5.74) is 0.557. The largest absolute Gasteiger partial charge is 0.378 e. The highest BCUT2D eigenvalue weighted by molar-refractivity contribution is 5.96. The van der Waals surface area contributed by atoms with Gasteiger partial charge in [0.25, 0.3) is 5.91 Å². The summed E-state index contributed by atoms with van der Waals surface area (Å²) in [5.74, 6) is -0.396. The minimum Gasteiger partial charge on any atom is -0.378 e. The van der Waals surface area contributed by atoms with Gasteiger partial charge in [-0.05, 0) is 44.7 Å². The predicted molar refractivity (Wildman–Crippen MR) is 84.6 cm³/mol. The lowest BCUT2D eigenvalue weighted by molar-refractivity contribution is -0.120. The molecule has 0 radical (unpaired) electrons. The Morgan fingerprint density at radius 3 is 2.77 bits per heavy atom. The van der Waals surface area contributed by atoms with Crippen LogP contribution < -0.4 is 10.6 Å². The molecule has 1 saturated heterocycles. The third-order valence-corrected chi connectivity index (χ3v) is 3.80. The summed E-state index contributed by atoms with van der Waals surface area (Å²) in [6.45, 7) is 2.83. The van der Waals surface area contributed by atoms with Crippen LogP contribution in [0.2, 0.25) is 0 Å². The zero-order chi connectivity index (χ0) is 15.8. The Morgan fingerprint density at radius 2 is 2.09 bits per heavy atom. The Morgan fingerprint density at radius 1 is 1.32 bits per heavy atom. The van der Waals surface area contributed by atoms with Crippen molar-refractivity contribution in [1.82, 2.24) is 10.6 Å². The van der Waals surface area contributed by atoms with Crippen LogP contribution in [0.4, 0.5) is 0 Å². The molecule has 2 N–H and O–H groups in total. The highest BCUT2D eigenvalue weighted by atomic mass is 16.5. The second-order valence-corrected chi connectivity index (χ2v) is 5.73. The van der Waals surface area contributed by atoms with Gasteiger partial charge >= 0.3 is 0 Å². The molecule has 1 heterocycles. The number of hydrogen-bond acceptors (Lipinski definition) is 3. The van der Waals surface area contributed by atoms with E-state index in [1.54, 1.807) is 24.3 Å². The highest BCUT2D eigenvalue weighted by Crippen LogP contribution is 2.17. The number of benzene rings is 1. The molecule has 1 aliphatic heterocycles. The number of amides is 2. The maximum absolute atomic E-state index is 11.8. The SMILES string of the molecule is C[C@@H](CC[C@@H]1CCCO1)NC(=O)CNC(=O)c1ccccc1. The van der Waals surface area contributed by atoms with Gasteiger partial charge < -0.3 is 15.4 Å². The summed E-state index contributed by atoms with van der Waals surface area (Å²) in [6.07, 6.45) is 4.46. The molecule has 0 bridgehead atoms. The minimum atomic E-state index is -0.234. The smallest absolute Gasteiger partial charge is 0.251 e. The molecule has 5 heteroatoms. The Bertz CT molecular complexity index is 484. The van der Waals surface area contributed by atoms with E-state index < -0.39 is 0 Å². The molecule has 22 heavy (non-hydrogen) atoms. The van der Waals surface area contributed by atoms with Gasteiger partial charge in [0.2, 0.25) is 5.91 Å². The van der Waals surface area contributed by atoms with Crippen LogP contribution in [0.25, 0.3) is 0 Å². The third-order valence-electron chi connectivity index (χ3n) is 3.80. The summed E-state index contributed by atoms with van der Waals surface area (Å²) in [6, 6.07) is 8.96. The van der Waals surface area contributed by atoms with Crippen molar-refractivity contribution < 1.29 is 14.3 Å². The monoisotopic (exact) mass is 304 g/mol. The molecule has 1 aromatic rings. The zero-order valence-corrected chi connectivity index (χ0v) is 13.0. The van der Waals surface area contributed by atoms with Crippen LogP contribution in [0.15, 0.2) is 30.3 Å². The lowest BCUT2D eigenvalue weighted by atomic mass is 10.1. The Kier molecular flexibility index (Phi) is 6.40. The van der Waals surface area contributed by atoms with Crippen molar-refractivity contribution in [3.05, 3.63) is 35.9 Å². The molecule has 0 unspecified atom stereocenters. The van der Waals surface area contributed by atoms with Gasteiger partial charge in [-0.3, -0.25) is 9.59 Å². The fourth-order valence-electron chi connectivity index (χ4n) is 2.56. The summed E-state index contributed by atoms with van der Waals surface area (Å²) < 4.78 is 5.57. The van der Waals surface area contributed by atoms with Crippen molar-refractivity contribution in [2.45, 2.75) is 44.8 Å². The van der Waals surface area contributed by atoms with Crippen molar-refractivity contribution in [3.63, 3.8) is 0 Å². The van der Waals surface area contributed by atoms with E-state index in [1.165, 1.54) is 0 Å². The Labute approximate surface area is 131 Å². The van der Waals surface area contributed by atoms with Crippen LogP contribution in [0.3, 0.4) is 0 Å². The van der Waals surface area contributed by atoms with Gasteiger partial charge in [0.15, 0.2) is 0 Å². The number of hydrogen-bond donors (Lipinski definition) is 2. The van der Waals surface area contributed by atoms with Gasteiger partial charge in [-0.25, -0.2) is 0 Å². The van der Waals surface area contributed by atoms with E-state index >= 15 is 0 Å². The molecule has 1 aromatic carbocycles. The molecular formula is C17H24N2O3. The van der Waals surface area contributed by atoms with Crippen LogP contribution in [0.5, 0.6) is 0 Å². The summed E-state index contributed by atoms with van der Waals surface area (Å²) in [7, 11) is 0. The number of ether oxygens (including phenoxy) is 1. The van der Waals surface area contributed by atoms with Crippen molar-refractivity contribution in [2.75, 3.05) is 13.2 Å². The first-order valence-corrected chi connectivity index (χ1v) is 7.89. The number of carbonyl (C=O) groups is 2. The van der Waals surface area contributed by atoms with Gasteiger partial charge in [-0.15, -0.1) is 0 Å². The quantitative estimate of drug-likeness (QED) is 0.808. The molecule has 1 fully saturated rings. The van der Waals surface area contributed by atoms with Crippen molar-refractivity contribution >= 4 is 11.8 Å². The van der Waals surface area contributed by atoms with Crippen molar-refractivity contribution in [2.24, 2.45) is 0 Å². The first kappa shape index (κ1) is 16.5. The zero-order valence-electron chi connectivity index (χ0n) is 13.0. The summed E-state index contributed by atoms with van der Waals surface area (Å²) in [4.78, 5) is 23.7. The standard InChI is InChI=1S/C17H24N2O3/c1-13(9-10-15-8-5-11-22-15)19-16(20)12-18-17(21)14-6-3-2-4-7-14/h2-4,6-7,13,15H,5,8-12H2,1H3,(H,18,21)(H,19,20)/t13-,15-/m0/s1. The maximum Gasteiger partial charge on any atom is 0.251 e. The molecule has 2 rings (SSSR count).